The number of amidine groups is 1. The molecule has 0 aromatic heterocycles. The van der Waals surface area contributed by atoms with Crippen molar-refractivity contribution in [1.29, 1.82) is 0 Å². The Bertz CT molecular complexity index is 1510. The summed E-state index contributed by atoms with van der Waals surface area (Å²) >= 11 is 0. The van der Waals surface area contributed by atoms with Gasteiger partial charge in [-0.2, -0.15) is 0 Å². The molecule has 3 aromatic rings. The molecule has 5 rings (SSSR count). The summed E-state index contributed by atoms with van der Waals surface area (Å²) in [7, 11) is 1.60. The Labute approximate surface area is 253 Å². The second kappa shape index (κ2) is 12.0. The summed E-state index contributed by atoms with van der Waals surface area (Å²) in [5, 5.41) is 20.1. The molecular weight excluding hydrogens is 544 g/mol. The second-order valence-corrected chi connectivity index (χ2v) is 12.1. The number of ether oxygens (including phenoxy) is 1. The predicted molar refractivity (Wildman–Crippen MR) is 166 cm³/mol. The van der Waals surface area contributed by atoms with E-state index in [9.17, 15) is 19.8 Å². The highest BCUT2D eigenvalue weighted by Gasteiger charge is 2.45. The lowest BCUT2D eigenvalue weighted by Gasteiger charge is -2.38. The number of hydrogen-bond acceptors (Lipinski definition) is 6. The molecule has 2 aliphatic rings. The third-order valence-corrected chi connectivity index (χ3v) is 8.13. The molecule has 43 heavy (non-hydrogen) atoms. The van der Waals surface area contributed by atoms with Crippen molar-refractivity contribution in [1.82, 2.24) is 14.7 Å². The SMILES string of the molecule is CCCN1CCN(C(=O)N2C(c3ccc(C(C)(C)C)cc3OC)=NC(c3ccc(O)cc3)C2c2ccc(O)cc2)CC1=O. The van der Waals surface area contributed by atoms with Gasteiger partial charge in [0.15, 0.2) is 0 Å². The third kappa shape index (κ3) is 6.02. The van der Waals surface area contributed by atoms with Gasteiger partial charge in [-0.15, -0.1) is 0 Å². The maximum absolute atomic E-state index is 14.6. The molecule has 0 aliphatic carbocycles. The number of carbonyl (C=O) groups is 2. The van der Waals surface area contributed by atoms with Gasteiger partial charge in [-0.1, -0.05) is 58.0 Å². The van der Waals surface area contributed by atoms with Gasteiger partial charge in [-0.05, 0) is 64.9 Å². The van der Waals surface area contributed by atoms with Crippen molar-refractivity contribution >= 4 is 17.8 Å². The zero-order valence-corrected chi connectivity index (χ0v) is 25.4. The van der Waals surface area contributed by atoms with Crippen LogP contribution in [0.2, 0.25) is 0 Å². The van der Waals surface area contributed by atoms with E-state index in [1.54, 1.807) is 70.3 Å². The van der Waals surface area contributed by atoms with Crippen LogP contribution in [0.1, 0.15) is 68.5 Å². The molecule has 226 valence electrons. The van der Waals surface area contributed by atoms with E-state index in [1.165, 1.54) is 0 Å². The van der Waals surface area contributed by atoms with Crippen LogP contribution in [-0.2, 0) is 10.2 Å². The normalized spacial score (nSPS) is 19.0. The van der Waals surface area contributed by atoms with Crippen molar-refractivity contribution in [3.05, 3.63) is 89.0 Å². The van der Waals surface area contributed by atoms with Crippen LogP contribution in [0, 0.1) is 0 Å². The zero-order valence-electron chi connectivity index (χ0n) is 25.4. The first-order valence-corrected chi connectivity index (χ1v) is 14.7. The van der Waals surface area contributed by atoms with Crippen LogP contribution in [0.25, 0.3) is 0 Å². The van der Waals surface area contributed by atoms with Crippen LogP contribution in [0.15, 0.2) is 71.7 Å². The number of phenols is 2. The average molecular weight is 585 g/mol. The minimum Gasteiger partial charge on any atom is -0.508 e. The number of benzene rings is 3. The average Bonchev–Trinajstić information content (AvgIpc) is 3.38. The van der Waals surface area contributed by atoms with Crippen molar-refractivity contribution in [3.8, 4) is 17.2 Å². The van der Waals surface area contributed by atoms with E-state index in [0.717, 1.165) is 23.1 Å². The summed E-state index contributed by atoms with van der Waals surface area (Å²) in [5.74, 6) is 1.18. The lowest BCUT2D eigenvalue weighted by atomic mass is 9.86. The summed E-state index contributed by atoms with van der Waals surface area (Å²) in [6.45, 7) is 9.92. The summed E-state index contributed by atoms with van der Waals surface area (Å²) in [5.41, 5.74) is 3.18. The standard InChI is InChI=1S/C34H40N4O5/c1-6-17-36-18-19-37(21-29(36)41)33(42)38-31(23-9-14-26(40)15-10-23)30(22-7-12-25(39)13-8-22)35-32(38)27-16-11-24(34(2,3)4)20-28(27)43-5/h7-16,20,30-31,39-40H,6,17-19,21H2,1-5H3. The van der Waals surface area contributed by atoms with Gasteiger partial charge in [0.1, 0.15) is 35.7 Å². The first-order chi connectivity index (χ1) is 20.5. The number of rotatable bonds is 6. The van der Waals surface area contributed by atoms with Gasteiger partial charge in [0.05, 0.1) is 18.7 Å². The number of phenolic OH excluding ortho intramolecular Hbond substituents is 2. The molecule has 9 nitrogen and oxygen atoms in total. The van der Waals surface area contributed by atoms with Crippen LogP contribution in [-0.4, -0.2) is 76.0 Å². The van der Waals surface area contributed by atoms with E-state index in [-0.39, 0.29) is 35.4 Å². The number of amides is 3. The van der Waals surface area contributed by atoms with Gasteiger partial charge in [0.2, 0.25) is 5.91 Å². The number of hydrogen-bond donors (Lipinski definition) is 2. The molecule has 1 saturated heterocycles. The molecule has 2 aliphatic heterocycles. The van der Waals surface area contributed by atoms with Gasteiger partial charge < -0.3 is 24.7 Å². The Kier molecular flexibility index (Phi) is 8.35. The van der Waals surface area contributed by atoms with E-state index in [1.807, 2.05) is 25.1 Å². The number of piperazine rings is 1. The fourth-order valence-electron chi connectivity index (χ4n) is 5.75. The van der Waals surface area contributed by atoms with Gasteiger partial charge in [-0.3, -0.25) is 14.7 Å². The van der Waals surface area contributed by atoms with Gasteiger partial charge >= 0.3 is 6.03 Å². The van der Waals surface area contributed by atoms with Gasteiger partial charge in [0.25, 0.3) is 0 Å². The number of urea groups is 1. The highest BCUT2D eigenvalue weighted by molar-refractivity contribution is 6.11. The molecule has 2 heterocycles. The molecule has 0 saturated carbocycles. The van der Waals surface area contributed by atoms with Crippen LogP contribution in [0.4, 0.5) is 4.79 Å². The first-order valence-electron chi connectivity index (χ1n) is 14.7. The van der Waals surface area contributed by atoms with E-state index < -0.39 is 12.1 Å². The van der Waals surface area contributed by atoms with E-state index >= 15 is 0 Å². The summed E-state index contributed by atoms with van der Waals surface area (Å²) < 4.78 is 5.88. The summed E-state index contributed by atoms with van der Waals surface area (Å²) in [6, 6.07) is 18.1. The van der Waals surface area contributed by atoms with Crippen LogP contribution in [0.3, 0.4) is 0 Å². The molecule has 2 N–H and O–H groups in total. The molecule has 1 fully saturated rings. The van der Waals surface area contributed by atoms with E-state index in [4.69, 9.17) is 9.73 Å². The van der Waals surface area contributed by atoms with Gasteiger partial charge in [0, 0.05) is 19.6 Å². The lowest BCUT2D eigenvalue weighted by Crippen LogP contribution is -2.56. The molecule has 2 atom stereocenters. The molecular formula is C34H40N4O5. The fraction of sp³-hybridized carbons (Fsp3) is 0.382. The monoisotopic (exact) mass is 584 g/mol. The molecule has 0 radical (unpaired) electrons. The third-order valence-electron chi connectivity index (χ3n) is 8.13. The Hall–Kier alpha value is -4.53. The largest absolute Gasteiger partial charge is 0.508 e. The number of aromatic hydroxyl groups is 2. The highest BCUT2D eigenvalue weighted by Crippen LogP contribution is 2.46. The fourth-order valence-corrected chi connectivity index (χ4v) is 5.75. The predicted octanol–water partition coefficient (Wildman–Crippen LogP) is 5.62. The molecule has 2 unspecified atom stereocenters. The number of nitrogens with zero attached hydrogens (tertiary/aromatic N) is 4. The van der Waals surface area contributed by atoms with Crippen molar-refractivity contribution in [2.75, 3.05) is 33.3 Å². The molecule has 3 aromatic carbocycles. The van der Waals surface area contributed by atoms with Crippen molar-refractivity contribution in [3.63, 3.8) is 0 Å². The van der Waals surface area contributed by atoms with Crippen molar-refractivity contribution < 1.29 is 24.5 Å². The molecule has 9 heteroatoms. The number of methoxy groups -OCH3 is 1. The number of aliphatic imine (C=N–C) groups is 1. The molecule has 3 amide bonds. The number of carbonyl (C=O) groups excluding carboxylic acids is 2. The first kappa shape index (κ1) is 29.9. The second-order valence-electron chi connectivity index (χ2n) is 12.1. The Balaban J connectivity index is 1.66. The Morgan fingerprint density at radius 1 is 0.953 bits per heavy atom. The van der Waals surface area contributed by atoms with E-state index in [0.29, 0.717) is 36.8 Å². The van der Waals surface area contributed by atoms with Crippen molar-refractivity contribution in [2.45, 2.75) is 51.6 Å². The maximum atomic E-state index is 14.6. The highest BCUT2D eigenvalue weighted by atomic mass is 16.5. The summed E-state index contributed by atoms with van der Waals surface area (Å²) in [6.07, 6.45) is 0.851. The topological polar surface area (TPSA) is 106 Å². The van der Waals surface area contributed by atoms with Crippen molar-refractivity contribution in [2.24, 2.45) is 4.99 Å². The minimum atomic E-state index is -0.594. The Morgan fingerprint density at radius 3 is 2.14 bits per heavy atom. The quantitative estimate of drug-likeness (QED) is 0.391. The zero-order chi connectivity index (χ0) is 30.9. The molecule has 0 spiro atoms. The smallest absolute Gasteiger partial charge is 0.326 e. The maximum Gasteiger partial charge on any atom is 0.326 e. The Morgan fingerprint density at radius 2 is 1.58 bits per heavy atom. The summed E-state index contributed by atoms with van der Waals surface area (Å²) in [4.78, 5) is 37.8. The van der Waals surface area contributed by atoms with Crippen LogP contribution >= 0.6 is 0 Å². The van der Waals surface area contributed by atoms with Crippen LogP contribution in [0.5, 0.6) is 17.2 Å². The lowest BCUT2D eigenvalue weighted by molar-refractivity contribution is -0.135. The molecule has 0 bridgehead atoms. The van der Waals surface area contributed by atoms with Crippen LogP contribution < -0.4 is 4.74 Å². The minimum absolute atomic E-state index is 0.0190. The van der Waals surface area contributed by atoms with Gasteiger partial charge in [-0.25, -0.2) is 4.79 Å². The van der Waals surface area contributed by atoms with E-state index in [2.05, 4.69) is 20.8 Å².